The molecule has 31 heavy (non-hydrogen) atoms. The molecule has 0 radical (unpaired) electrons. The van der Waals surface area contributed by atoms with E-state index in [2.05, 4.69) is 15.4 Å². The molecule has 4 rings (SSSR count). The lowest BCUT2D eigenvalue weighted by Crippen LogP contribution is -2.14. The number of carbonyl (C=O) groups is 1. The topological polar surface area (TPSA) is 73.0 Å². The minimum Gasteiger partial charge on any atom is -0.441 e. The molecule has 2 aromatic heterocycles. The molecule has 0 unspecified atom stereocenters. The summed E-state index contributed by atoms with van der Waals surface area (Å²) in [4.78, 5) is 17.1. The molecule has 0 aliphatic heterocycles. The van der Waals surface area contributed by atoms with Gasteiger partial charge in [0, 0.05) is 16.9 Å². The molecule has 0 aliphatic carbocycles. The molecule has 1 N–H and O–H groups in total. The van der Waals surface area contributed by atoms with Crippen LogP contribution in [0.15, 0.2) is 59.0 Å². The van der Waals surface area contributed by atoms with Crippen LogP contribution in [0.1, 0.15) is 34.0 Å². The van der Waals surface area contributed by atoms with Crippen LogP contribution in [-0.2, 0) is 17.8 Å². The number of benzene rings is 2. The highest BCUT2D eigenvalue weighted by Gasteiger charge is 2.14. The molecule has 0 atom stereocenters. The predicted molar refractivity (Wildman–Crippen MR) is 121 cm³/mol. The lowest BCUT2D eigenvalue weighted by molar-refractivity contribution is -0.115. The van der Waals surface area contributed by atoms with Gasteiger partial charge in [-0.25, -0.2) is 4.98 Å². The molecule has 6 nitrogen and oxygen atoms in total. The van der Waals surface area contributed by atoms with E-state index >= 15 is 0 Å². The van der Waals surface area contributed by atoms with Crippen LogP contribution in [0.4, 0.5) is 5.69 Å². The average Bonchev–Trinajstić information content (AvgIpc) is 3.25. The van der Waals surface area contributed by atoms with Gasteiger partial charge in [-0.2, -0.15) is 5.10 Å². The van der Waals surface area contributed by atoms with E-state index < -0.39 is 0 Å². The van der Waals surface area contributed by atoms with Crippen LogP contribution in [0, 0.1) is 27.7 Å². The Kier molecular flexibility index (Phi) is 5.71. The Morgan fingerprint density at radius 1 is 1.03 bits per heavy atom. The van der Waals surface area contributed by atoms with E-state index in [0.29, 0.717) is 18.9 Å². The molecule has 158 valence electrons. The molecule has 1 amide bonds. The minimum atomic E-state index is -0.0406. The second-order valence-electron chi connectivity index (χ2n) is 7.84. The number of oxazole rings is 1. The summed E-state index contributed by atoms with van der Waals surface area (Å²) in [6.45, 7) is 8.51. The predicted octanol–water partition coefficient (Wildman–Crippen LogP) is 5.00. The van der Waals surface area contributed by atoms with Crippen molar-refractivity contribution in [2.45, 2.75) is 40.7 Å². The second-order valence-corrected chi connectivity index (χ2v) is 7.84. The summed E-state index contributed by atoms with van der Waals surface area (Å²) in [5.74, 6) is 1.30. The van der Waals surface area contributed by atoms with Crippen LogP contribution in [0.25, 0.3) is 11.5 Å². The molecule has 0 saturated heterocycles. The van der Waals surface area contributed by atoms with Gasteiger partial charge in [0.1, 0.15) is 11.5 Å². The lowest BCUT2D eigenvalue weighted by Gasteiger charge is -2.07. The quantitative estimate of drug-likeness (QED) is 0.482. The minimum absolute atomic E-state index is 0.0406. The van der Waals surface area contributed by atoms with Crippen molar-refractivity contribution in [3.05, 3.63) is 88.6 Å². The van der Waals surface area contributed by atoms with Crippen LogP contribution in [0.3, 0.4) is 0 Å². The summed E-state index contributed by atoms with van der Waals surface area (Å²) in [6.07, 6.45) is 0.350. The van der Waals surface area contributed by atoms with E-state index in [1.165, 1.54) is 0 Å². The SMILES string of the molecule is Cc1cc(C)n(Cc2nc(-c3ccc(NC(=O)Cc4ccccc4C)cc3)oc2C)n1. The Bertz CT molecular complexity index is 1220. The summed E-state index contributed by atoms with van der Waals surface area (Å²) >= 11 is 0. The number of anilines is 1. The summed E-state index contributed by atoms with van der Waals surface area (Å²) in [6, 6.07) is 17.5. The molecule has 0 spiro atoms. The summed E-state index contributed by atoms with van der Waals surface area (Å²) in [5.41, 5.74) is 6.68. The van der Waals surface area contributed by atoms with Crippen molar-refractivity contribution < 1.29 is 9.21 Å². The van der Waals surface area contributed by atoms with E-state index in [-0.39, 0.29) is 5.91 Å². The third-order valence-electron chi connectivity index (χ3n) is 5.32. The first-order chi connectivity index (χ1) is 14.9. The fraction of sp³-hybridized carbons (Fsp3) is 0.240. The first kappa shape index (κ1) is 20.6. The number of amides is 1. The maximum absolute atomic E-state index is 12.4. The fourth-order valence-electron chi connectivity index (χ4n) is 3.56. The van der Waals surface area contributed by atoms with E-state index in [1.807, 2.05) is 87.0 Å². The molecule has 2 heterocycles. The van der Waals surface area contributed by atoms with Crippen molar-refractivity contribution in [2.24, 2.45) is 0 Å². The Balaban J connectivity index is 1.44. The number of rotatable bonds is 6. The smallest absolute Gasteiger partial charge is 0.228 e. The Morgan fingerprint density at radius 3 is 2.45 bits per heavy atom. The summed E-state index contributed by atoms with van der Waals surface area (Å²) in [5, 5.41) is 7.45. The third-order valence-corrected chi connectivity index (χ3v) is 5.32. The fourth-order valence-corrected chi connectivity index (χ4v) is 3.56. The van der Waals surface area contributed by atoms with Crippen molar-refractivity contribution in [1.82, 2.24) is 14.8 Å². The number of nitrogens with one attached hydrogen (secondary N) is 1. The molecule has 6 heteroatoms. The van der Waals surface area contributed by atoms with E-state index in [0.717, 1.165) is 45.2 Å². The number of hydrogen-bond acceptors (Lipinski definition) is 4. The maximum atomic E-state index is 12.4. The van der Waals surface area contributed by atoms with Crippen LogP contribution < -0.4 is 5.32 Å². The average molecular weight is 415 g/mol. The van der Waals surface area contributed by atoms with Crippen LogP contribution in [0.2, 0.25) is 0 Å². The zero-order valence-corrected chi connectivity index (χ0v) is 18.3. The van der Waals surface area contributed by atoms with Gasteiger partial charge in [0.05, 0.1) is 18.7 Å². The first-order valence-electron chi connectivity index (χ1n) is 10.3. The lowest BCUT2D eigenvalue weighted by atomic mass is 10.1. The normalized spacial score (nSPS) is 11.0. The van der Waals surface area contributed by atoms with Crippen molar-refractivity contribution in [2.75, 3.05) is 5.32 Å². The highest BCUT2D eigenvalue weighted by atomic mass is 16.4. The Morgan fingerprint density at radius 2 is 1.77 bits per heavy atom. The van der Waals surface area contributed by atoms with Gasteiger partial charge < -0.3 is 9.73 Å². The van der Waals surface area contributed by atoms with Gasteiger partial charge in [0.2, 0.25) is 11.8 Å². The van der Waals surface area contributed by atoms with E-state index in [1.54, 1.807) is 0 Å². The van der Waals surface area contributed by atoms with Crippen molar-refractivity contribution in [3.63, 3.8) is 0 Å². The standard InChI is InChI=1S/C25H26N4O2/c1-16-7-5-6-8-21(16)14-24(30)26-22-11-9-20(10-12-22)25-27-23(19(4)31-25)15-29-18(3)13-17(2)28-29/h5-13H,14-15H2,1-4H3,(H,26,30). The summed E-state index contributed by atoms with van der Waals surface area (Å²) < 4.78 is 7.82. The van der Waals surface area contributed by atoms with Gasteiger partial charge in [0.15, 0.2) is 0 Å². The maximum Gasteiger partial charge on any atom is 0.228 e. The van der Waals surface area contributed by atoms with Crippen molar-refractivity contribution in [1.29, 1.82) is 0 Å². The number of aryl methyl sites for hydroxylation is 4. The molecule has 2 aromatic carbocycles. The number of hydrogen-bond donors (Lipinski definition) is 1. The first-order valence-corrected chi connectivity index (χ1v) is 10.3. The van der Waals surface area contributed by atoms with E-state index in [9.17, 15) is 4.79 Å². The highest BCUT2D eigenvalue weighted by molar-refractivity contribution is 5.92. The Hall–Kier alpha value is -3.67. The van der Waals surface area contributed by atoms with Crippen molar-refractivity contribution >= 4 is 11.6 Å². The van der Waals surface area contributed by atoms with Crippen molar-refractivity contribution in [3.8, 4) is 11.5 Å². The molecule has 4 aromatic rings. The molecule has 0 bridgehead atoms. The monoisotopic (exact) mass is 414 g/mol. The number of carbonyl (C=O) groups excluding carboxylic acids is 1. The molecular weight excluding hydrogens is 388 g/mol. The second kappa shape index (κ2) is 8.60. The molecular formula is C25H26N4O2. The summed E-state index contributed by atoms with van der Waals surface area (Å²) in [7, 11) is 0. The van der Waals surface area contributed by atoms with Gasteiger partial charge in [-0.3, -0.25) is 9.48 Å². The number of nitrogens with zero attached hydrogens (tertiary/aromatic N) is 3. The van der Waals surface area contributed by atoms with Crippen LogP contribution in [0.5, 0.6) is 0 Å². The largest absolute Gasteiger partial charge is 0.441 e. The molecule has 0 aliphatic rings. The van der Waals surface area contributed by atoms with Gasteiger partial charge in [0.25, 0.3) is 0 Å². The Labute approximate surface area is 181 Å². The zero-order chi connectivity index (χ0) is 22.0. The number of aromatic nitrogens is 3. The van der Waals surface area contributed by atoms with Crippen LogP contribution >= 0.6 is 0 Å². The van der Waals surface area contributed by atoms with Gasteiger partial charge in [-0.15, -0.1) is 0 Å². The van der Waals surface area contributed by atoms with E-state index in [4.69, 9.17) is 4.42 Å². The highest BCUT2D eigenvalue weighted by Crippen LogP contribution is 2.24. The van der Waals surface area contributed by atoms with Gasteiger partial charge in [-0.05, 0) is 69.2 Å². The van der Waals surface area contributed by atoms with Gasteiger partial charge in [-0.1, -0.05) is 24.3 Å². The van der Waals surface area contributed by atoms with Gasteiger partial charge >= 0.3 is 0 Å². The third kappa shape index (κ3) is 4.74. The molecule has 0 saturated carbocycles. The zero-order valence-electron chi connectivity index (χ0n) is 18.3. The molecule has 0 fully saturated rings. The van der Waals surface area contributed by atoms with Crippen LogP contribution in [-0.4, -0.2) is 20.7 Å².